The highest BCUT2D eigenvalue weighted by Gasteiger charge is 2.72. The van der Waals surface area contributed by atoms with Gasteiger partial charge in [0.15, 0.2) is 0 Å². The van der Waals surface area contributed by atoms with Crippen LogP contribution >= 0.6 is 0 Å². The minimum absolute atomic E-state index is 0.0404. The summed E-state index contributed by atoms with van der Waals surface area (Å²) in [7, 11) is -5.25. The van der Waals surface area contributed by atoms with Crippen molar-refractivity contribution in [2.75, 3.05) is 0 Å². The molecule has 0 heterocycles. The lowest BCUT2D eigenvalue weighted by Gasteiger charge is -2.36. The van der Waals surface area contributed by atoms with Crippen LogP contribution in [0.1, 0.15) is 12.5 Å². The van der Waals surface area contributed by atoms with Crippen LogP contribution < -0.4 is 11.6 Å². The third-order valence-corrected chi connectivity index (χ3v) is 4.77. The second-order valence-electron chi connectivity index (χ2n) is 4.74. The van der Waals surface area contributed by atoms with Crippen LogP contribution in [0.4, 0.5) is 26.3 Å². The van der Waals surface area contributed by atoms with Crippen LogP contribution in [-0.4, -0.2) is 37.1 Å². The van der Waals surface area contributed by atoms with E-state index in [1.807, 2.05) is 0 Å². The molecule has 1 amide bonds. The predicted molar refractivity (Wildman–Crippen MR) is 75.2 cm³/mol. The number of aryl methyl sites for hydroxylation is 1. The number of alkyl halides is 6. The largest absolute Gasteiger partial charge is 0.429 e. The standard InChI is InChI=1S/C11H12F6N2O2S.CH3NO/c1-7-5-3-4-6-8(7)22(20,21)19(18)11(16,17)9(2,12)10(13,14)15;2-1-3/h3-6H,18H2,1-2H3;1H,(H2,2,3). The van der Waals surface area contributed by atoms with Gasteiger partial charge in [-0.1, -0.05) is 22.6 Å². The van der Waals surface area contributed by atoms with E-state index in [2.05, 4.69) is 11.6 Å². The van der Waals surface area contributed by atoms with Crippen molar-refractivity contribution < 1.29 is 39.6 Å². The third-order valence-electron chi connectivity index (χ3n) is 3.00. The number of nitrogens with zero attached hydrogens (tertiary/aromatic N) is 1. The molecule has 13 heteroatoms. The van der Waals surface area contributed by atoms with Gasteiger partial charge in [-0.2, -0.15) is 22.0 Å². The van der Waals surface area contributed by atoms with Crippen LogP contribution in [-0.2, 0) is 14.8 Å². The maximum Gasteiger partial charge on any atom is 0.429 e. The van der Waals surface area contributed by atoms with Crippen LogP contribution in [0, 0.1) is 6.92 Å². The molecule has 0 saturated heterocycles. The fourth-order valence-electron chi connectivity index (χ4n) is 1.48. The van der Waals surface area contributed by atoms with E-state index in [-0.39, 0.29) is 12.0 Å². The molecule has 4 N–H and O–H groups in total. The first-order valence-corrected chi connectivity index (χ1v) is 7.67. The van der Waals surface area contributed by atoms with Crippen LogP contribution in [0.25, 0.3) is 0 Å². The number of hydrogen-bond donors (Lipinski definition) is 2. The van der Waals surface area contributed by atoms with Gasteiger partial charge in [-0.25, -0.2) is 18.7 Å². The number of hydrazine groups is 1. The minimum atomic E-state index is -6.03. The third kappa shape index (κ3) is 4.41. The Morgan fingerprint density at radius 3 is 1.84 bits per heavy atom. The molecule has 0 aliphatic rings. The normalized spacial score (nSPS) is 15.1. The van der Waals surface area contributed by atoms with Crippen LogP contribution in [0.3, 0.4) is 0 Å². The van der Waals surface area contributed by atoms with Gasteiger partial charge in [0.2, 0.25) is 6.41 Å². The molecule has 0 aliphatic heterocycles. The SMILES string of the molecule is Cc1ccccc1S(=O)(=O)N(N)C(F)(F)C(C)(F)C(F)(F)F.NC=O. The Bertz CT molecular complexity index is 706. The summed E-state index contributed by atoms with van der Waals surface area (Å²) in [5.41, 5.74) is -1.05. The number of nitrogens with two attached hydrogens (primary N) is 2. The summed E-state index contributed by atoms with van der Waals surface area (Å²) in [5.74, 6) is 4.67. The number of carbonyl (C=O) groups is 1. The number of primary amides is 1. The lowest BCUT2D eigenvalue weighted by molar-refractivity contribution is -0.322. The minimum Gasteiger partial charge on any atom is -0.372 e. The maximum atomic E-state index is 13.7. The van der Waals surface area contributed by atoms with Crippen molar-refractivity contribution in [1.82, 2.24) is 4.41 Å². The van der Waals surface area contributed by atoms with E-state index in [4.69, 9.17) is 4.79 Å². The average molecular weight is 395 g/mol. The van der Waals surface area contributed by atoms with Gasteiger partial charge in [0.25, 0.3) is 15.7 Å². The zero-order valence-electron chi connectivity index (χ0n) is 12.9. The highest BCUT2D eigenvalue weighted by molar-refractivity contribution is 7.89. The number of halogens is 6. The summed E-state index contributed by atoms with van der Waals surface area (Å²) in [4.78, 5) is 7.83. The number of hydrogen-bond acceptors (Lipinski definition) is 4. The number of benzene rings is 1. The lowest BCUT2D eigenvalue weighted by atomic mass is 10.1. The molecule has 1 unspecified atom stereocenters. The highest BCUT2D eigenvalue weighted by atomic mass is 32.2. The first-order valence-electron chi connectivity index (χ1n) is 6.23. The summed E-state index contributed by atoms with van der Waals surface area (Å²) in [5, 5.41) is 0. The molecule has 0 aliphatic carbocycles. The van der Waals surface area contributed by atoms with E-state index in [9.17, 15) is 34.8 Å². The number of amides is 1. The van der Waals surface area contributed by atoms with Gasteiger partial charge in [-0.3, -0.25) is 4.79 Å². The van der Waals surface area contributed by atoms with Gasteiger partial charge in [-0.05, 0) is 25.5 Å². The van der Waals surface area contributed by atoms with Crippen LogP contribution in [0.15, 0.2) is 29.2 Å². The van der Waals surface area contributed by atoms with Crippen molar-refractivity contribution in [3.05, 3.63) is 29.8 Å². The van der Waals surface area contributed by atoms with Gasteiger partial charge in [0, 0.05) is 0 Å². The topological polar surface area (TPSA) is 106 Å². The lowest BCUT2D eigenvalue weighted by Crippen LogP contribution is -2.65. The molecule has 0 fully saturated rings. The second kappa shape index (κ2) is 7.58. The van der Waals surface area contributed by atoms with E-state index >= 15 is 0 Å². The maximum absolute atomic E-state index is 13.7. The summed E-state index contributed by atoms with van der Waals surface area (Å²) in [6, 6.07) is -0.931. The van der Waals surface area contributed by atoms with E-state index < -0.39 is 44.1 Å². The fraction of sp³-hybridized carbons (Fsp3) is 0.417. The van der Waals surface area contributed by atoms with Crippen LogP contribution in [0.2, 0.25) is 0 Å². The molecule has 144 valence electrons. The molecule has 0 bridgehead atoms. The van der Waals surface area contributed by atoms with E-state index in [0.717, 1.165) is 12.1 Å². The first kappa shape index (κ1) is 23.1. The fourth-order valence-corrected chi connectivity index (χ4v) is 2.89. The first-order chi connectivity index (χ1) is 11.1. The smallest absolute Gasteiger partial charge is 0.372 e. The molecule has 6 nitrogen and oxygen atoms in total. The van der Waals surface area contributed by atoms with Gasteiger partial charge in [0.05, 0.1) is 4.90 Å². The highest BCUT2D eigenvalue weighted by Crippen LogP contribution is 2.47. The monoisotopic (exact) mass is 395 g/mol. The molecule has 0 radical (unpaired) electrons. The second-order valence-corrected chi connectivity index (χ2v) is 6.53. The molecule has 0 spiro atoms. The Kier molecular flexibility index (Phi) is 7.01. The predicted octanol–water partition coefficient (Wildman–Crippen LogP) is 1.84. The quantitative estimate of drug-likeness (QED) is 0.267. The molecule has 1 rings (SSSR count). The van der Waals surface area contributed by atoms with Gasteiger partial charge in [-0.15, -0.1) is 0 Å². The molecule has 1 aromatic carbocycles. The Balaban J connectivity index is 0.00000178. The van der Waals surface area contributed by atoms with E-state index in [1.54, 1.807) is 0 Å². The Hall–Kier alpha value is -1.86. The molecule has 0 saturated carbocycles. The molecule has 1 aromatic rings. The number of rotatable bonds is 4. The van der Waals surface area contributed by atoms with E-state index in [1.165, 1.54) is 19.1 Å². The number of carbonyl (C=O) groups excluding carboxylic acids is 1. The molecular formula is C12H15F6N3O3S. The molecule has 25 heavy (non-hydrogen) atoms. The van der Waals surface area contributed by atoms with Crippen molar-refractivity contribution >= 4 is 16.4 Å². The number of sulfonamides is 1. The van der Waals surface area contributed by atoms with Gasteiger partial charge >= 0.3 is 12.2 Å². The summed E-state index contributed by atoms with van der Waals surface area (Å²) in [6.45, 7) is 0.734. The zero-order chi connectivity index (χ0) is 20.3. The molecular weight excluding hydrogens is 380 g/mol. The van der Waals surface area contributed by atoms with Crippen molar-refractivity contribution in [3.63, 3.8) is 0 Å². The zero-order valence-corrected chi connectivity index (χ0v) is 13.7. The Morgan fingerprint density at radius 1 is 1.08 bits per heavy atom. The molecule has 1 atom stereocenters. The summed E-state index contributed by atoms with van der Waals surface area (Å²) >= 11 is 0. The van der Waals surface area contributed by atoms with Gasteiger partial charge in [0.1, 0.15) is 0 Å². The summed E-state index contributed by atoms with van der Waals surface area (Å²) in [6.07, 6.45) is -5.78. The van der Waals surface area contributed by atoms with Crippen molar-refractivity contribution in [2.45, 2.75) is 36.6 Å². The molecule has 0 aromatic heterocycles. The van der Waals surface area contributed by atoms with Crippen molar-refractivity contribution in [2.24, 2.45) is 11.6 Å². The van der Waals surface area contributed by atoms with Crippen molar-refractivity contribution in [3.8, 4) is 0 Å². The average Bonchev–Trinajstić information content (AvgIpc) is 2.46. The Morgan fingerprint density at radius 2 is 1.48 bits per heavy atom. The summed E-state index contributed by atoms with van der Waals surface area (Å²) < 4.78 is 101. The van der Waals surface area contributed by atoms with Gasteiger partial charge < -0.3 is 5.73 Å². The van der Waals surface area contributed by atoms with Crippen LogP contribution in [0.5, 0.6) is 0 Å². The van der Waals surface area contributed by atoms with Crippen molar-refractivity contribution in [1.29, 1.82) is 0 Å². The van der Waals surface area contributed by atoms with E-state index in [0.29, 0.717) is 0 Å². The Labute approximate surface area is 139 Å².